The molecule has 0 bridgehead atoms. The molecule has 5 heteroatoms. The minimum Gasteiger partial charge on any atom is -0.480 e. The molecule has 0 aromatic carbocycles. The maximum Gasteiger partial charge on any atom is 0.320 e. The summed E-state index contributed by atoms with van der Waals surface area (Å²) in [5.74, 6) is -0.864. The molecule has 0 spiro atoms. The van der Waals surface area contributed by atoms with Gasteiger partial charge in [0.25, 0.3) is 0 Å². The van der Waals surface area contributed by atoms with E-state index >= 15 is 0 Å². The fourth-order valence-electron chi connectivity index (χ4n) is 1.78. The number of carbonyl (C=O) groups excluding carboxylic acids is 1. The molecule has 0 saturated heterocycles. The van der Waals surface area contributed by atoms with E-state index in [-0.39, 0.29) is 12.5 Å². The van der Waals surface area contributed by atoms with Crippen molar-refractivity contribution in [3.63, 3.8) is 0 Å². The van der Waals surface area contributed by atoms with E-state index in [0.29, 0.717) is 12.5 Å². The Kier molecular flexibility index (Phi) is 4.29. The van der Waals surface area contributed by atoms with Gasteiger partial charge in [-0.15, -0.1) is 0 Å². The fraction of sp³-hybridized carbons (Fsp3) is 0.818. The summed E-state index contributed by atoms with van der Waals surface area (Å²) in [6, 6.07) is -0.192. The Morgan fingerprint density at radius 3 is 2.31 bits per heavy atom. The van der Waals surface area contributed by atoms with Crippen LogP contribution in [0.4, 0.5) is 0 Å². The second-order valence-corrected chi connectivity index (χ2v) is 4.41. The fourth-order valence-corrected chi connectivity index (χ4v) is 1.78. The molecule has 1 atom stereocenters. The van der Waals surface area contributed by atoms with Gasteiger partial charge in [-0.25, -0.2) is 0 Å². The minimum absolute atomic E-state index is 0.00435. The lowest BCUT2D eigenvalue weighted by molar-refractivity contribution is -0.144. The molecule has 1 saturated carbocycles. The van der Waals surface area contributed by atoms with Gasteiger partial charge in [0.2, 0.25) is 5.91 Å². The summed E-state index contributed by atoms with van der Waals surface area (Å²) in [4.78, 5) is 26.0. The number of hydrogen-bond donors (Lipinski definition) is 1. The van der Waals surface area contributed by atoms with Crippen molar-refractivity contribution >= 4 is 11.9 Å². The van der Waals surface area contributed by atoms with Crippen molar-refractivity contribution < 1.29 is 14.7 Å². The van der Waals surface area contributed by atoms with Gasteiger partial charge in [-0.3, -0.25) is 14.5 Å². The molecular formula is C11H20N2O3. The highest BCUT2D eigenvalue weighted by atomic mass is 16.4. The van der Waals surface area contributed by atoms with Crippen molar-refractivity contribution in [1.82, 2.24) is 9.80 Å². The quantitative estimate of drug-likeness (QED) is 0.715. The lowest BCUT2D eigenvalue weighted by Crippen LogP contribution is -2.45. The Morgan fingerprint density at radius 2 is 1.94 bits per heavy atom. The van der Waals surface area contributed by atoms with E-state index < -0.39 is 12.0 Å². The topological polar surface area (TPSA) is 60.9 Å². The largest absolute Gasteiger partial charge is 0.480 e. The van der Waals surface area contributed by atoms with E-state index in [1.54, 1.807) is 23.9 Å². The van der Waals surface area contributed by atoms with Crippen LogP contribution in [-0.4, -0.2) is 59.5 Å². The number of hydrogen-bond acceptors (Lipinski definition) is 3. The Hall–Kier alpha value is -1.10. The highest BCUT2D eigenvalue weighted by Crippen LogP contribution is 2.25. The molecule has 1 aliphatic rings. The van der Waals surface area contributed by atoms with E-state index in [9.17, 15) is 9.59 Å². The average Bonchev–Trinajstić information content (AvgIpc) is 2.99. The number of carboxylic acids is 1. The van der Waals surface area contributed by atoms with Crippen molar-refractivity contribution in [2.75, 3.05) is 20.6 Å². The molecule has 0 heterocycles. The monoisotopic (exact) mass is 228 g/mol. The SMILES string of the molecule is CCC(C(=O)O)N(C)CC(=O)N(C)C1CC1. The van der Waals surface area contributed by atoms with Crippen molar-refractivity contribution in [3.05, 3.63) is 0 Å². The van der Waals surface area contributed by atoms with E-state index in [1.165, 1.54) is 0 Å². The van der Waals surface area contributed by atoms with Crippen molar-refractivity contribution in [2.24, 2.45) is 0 Å². The molecule has 0 radical (unpaired) electrons. The van der Waals surface area contributed by atoms with Crippen LogP contribution in [0.2, 0.25) is 0 Å². The molecule has 1 aliphatic carbocycles. The molecule has 1 amide bonds. The van der Waals surface area contributed by atoms with Gasteiger partial charge in [0.1, 0.15) is 6.04 Å². The summed E-state index contributed by atoms with van der Waals surface area (Å²) in [7, 11) is 3.47. The number of nitrogens with zero attached hydrogens (tertiary/aromatic N) is 2. The maximum atomic E-state index is 11.8. The van der Waals surface area contributed by atoms with E-state index in [0.717, 1.165) is 12.8 Å². The van der Waals surface area contributed by atoms with Crippen LogP contribution in [0.5, 0.6) is 0 Å². The van der Waals surface area contributed by atoms with Gasteiger partial charge in [-0.05, 0) is 26.3 Å². The van der Waals surface area contributed by atoms with Crippen LogP contribution in [0.3, 0.4) is 0 Å². The standard InChI is InChI=1S/C11H20N2O3/c1-4-9(11(15)16)12(2)7-10(14)13(3)8-5-6-8/h8-9H,4-7H2,1-3H3,(H,15,16). The Balaban J connectivity index is 2.45. The molecular weight excluding hydrogens is 208 g/mol. The van der Waals surface area contributed by atoms with Gasteiger partial charge < -0.3 is 10.0 Å². The predicted molar refractivity (Wildman–Crippen MR) is 60.1 cm³/mol. The lowest BCUT2D eigenvalue weighted by Gasteiger charge is -2.25. The Labute approximate surface area is 96.0 Å². The molecule has 1 fully saturated rings. The zero-order valence-electron chi connectivity index (χ0n) is 10.1. The second kappa shape index (κ2) is 5.30. The second-order valence-electron chi connectivity index (χ2n) is 4.41. The Bertz CT molecular complexity index is 276. The molecule has 0 aliphatic heterocycles. The van der Waals surface area contributed by atoms with Crippen LogP contribution >= 0.6 is 0 Å². The van der Waals surface area contributed by atoms with Gasteiger partial charge in [0.15, 0.2) is 0 Å². The van der Waals surface area contributed by atoms with E-state index in [4.69, 9.17) is 5.11 Å². The smallest absolute Gasteiger partial charge is 0.320 e. The van der Waals surface area contributed by atoms with Crippen molar-refractivity contribution in [2.45, 2.75) is 38.3 Å². The van der Waals surface area contributed by atoms with Crippen LogP contribution in [0.15, 0.2) is 0 Å². The van der Waals surface area contributed by atoms with Gasteiger partial charge in [-0.2, -0.15) is 0 Å². The minimum atomic E-state index is -0.869. The number of carboxylic acid groups (broad SMARTS) is 1. The van der Waals surface area contributed by atoms with Crippen LogP contribution < -0.4 is 0 Å². The molecule has 0 aromatic heterocycles. The van der Waals surface area contributed by atoms with Crippen molar-refractivity contribution in [3.8, 4) is 0 Å². The highest BCUT2D eigenvalue weighted by Gasteiger charge is 2.31. The summed E-state index contributed by atoms with van der Waals surface area (Å²) < 4.78 is 0. The number of likely N-dealkylation sites (N-methyl/N-ethyl adjacent to an activating group) is 2. The van der Waals surface area contributed by atoms with Crippen LogP contribution in [0.1, 0.15) is 26.2 Å². The third-order valence-electron chi connectivity index (χ3n) is 3.08. The summed E-state index contributed by atoms with van der Waals surface area (Å²) in [5.41, 5.74) is 0. The van der Waals surface area contributed by atoms with Gasteiger partial charge in [-0.1, -0.05) is 6.92 Å². The first kappa shape index (κ1) is 13.0. The van der Waals surface area contributed by atoms with Crippen molar-refractivity contribution in [1.29, 1.82) is 0 Å². The van der Waals surface area contributed by atoms with Crippen LogP contribution in [0.25, 0.3) is 0 Å². The zero-order chi connectivity index (χ0) is 12.3. The summed E-state index contributed by atoms with van der Waals surface area (Å²) >= 11 is 0. The van der Waals surface area contributed by atoms with Gasteiger partial charge in [0.05, 0.1) is 6.54 Å². The first-order valence-corrected chi connectivity index (χ1v) is 5.66. The number of rotatable bonds is 6. The number of aliphatic carboxylic acids is 1. The molecule has 16 heavy (non-hydrogen) atoms. The third kappa shape index (κ3) is 3.20. The lowest BCUT2D eigenvalue weighted by atomic mass is 10.2. The summed E-state index contributed by atoms with van der Waals surface area (Å²) in [5, 5.41) is 8.95. The van der Waals surface area contributed by atoms with E-state index in [1.807, 2.05) is 6.92 Å². The van der Waals surface area contributed by atoms with E-state index in [2.05, 4.69) is 0 Å². The molecule has 1 unspecified atom stereocenters. The first-order chi connectivity index (χ1) is 7.47. The molecule has 1 N–H and O–H groups in total. The third-order valence-corrected chi connectivity index (χ3v) is 3.08. The van der Waals surface area contributed by atoms with Crippen LogP contribution in [-0.2, 0) is 9.59 Å². The highest BCUT2D eigenvalue weighted by molar-refractivity contribution is 5.80. The molecule has 1 rings (SSSR count). The maximum absolute atomic E-state index is 11.8. The summed E-state index contributed by atoms with van der Waals surface area (Å²) in [6.45, 7) is 1.99. The molecule has 0 aromatic rings. The number of amides is 1. The predicted octanol–water partition coefficient (Wildman–Crippen LogP) is 0.402. The summed E-state index contributed by atoms with van der Waals surface area (Å²) in [6.07, 6.45) is 2.65. The van der Waals surface area contributed by atoms with Gasteiger partial charge in [0, 0.05) is 13.1 Å². The van der Waals surface area contributed by atoms with Gasteiger partial charge >= 0.3 is 5.97 Å². The average molecular weight is 228 g/mol. The Morgan fingerprint density at radius 1 is 1.38 bits per heavy atom. The number of carbonyl (C=O) groups is 2. The molecule has 92 valence electrons. The normalized spacial score (nSPS) is 17.2. The molecule has 5 nitrogen and oxygen atoms in total. The van der Waals surface area contributed by atoms with Crippen LogP contribution in [0, 0.1) is 0 Å². The first-order valence-electron chi connectivity index (χ1n) is 5.66. The zero-order valence-corrected chi connectivity index (χ0v) is 10.1.